The van der Waals surface area contributed by atoms with E-state index < -0.39 is 5.60 Å². The van der Waals surface area contributed by atoms with Gasteiger partial charge < -0.3 is 4.74 Å². The monoisotopic (exact) mass is 167 g/mol. The lowest BCUT2D eigenvalue weighted by molar-refractivity contribution is -0.104. The molecule has 0 saturated carbocycles. The van der Waals surface area contributed by atoms with Gasteiger partial charge in [0, 0.05) is 6.61 Å². The van der Waals surface area contributed by atoms with Gasteiger partial charge in [0.2, 0.25) is 0 Å². The molecule has 0 aromatic rings. The van der Waals surface area contributed by atoms with E-state index in [0.717, 1.165) is 0 Å². The van der Waals surface area contributed by atoms with Crippen molar-refractivity contribution in [1.82, 2.24) is 0 Å². The Kier molecular flexibility index (Phi) is 4.24. The van der Waals surface area contributed by atoms with Crippen LogP contribution in [0.15, 0.2) is 11.6 Å². The molecule has 66 valence electrons. The maximum atomic E-state index is 10.3. The molecule has 0 unspecified atom stereocenters. The summed E-state index contributed by atoms with van der Waals surface area (Å²) < 4.78 is 5.28. The number of carbonyl (C=O) groups excluding carboxylic acids is 1. The Balaban J connectivity index is 4.48. The van der Waals surface area contributed by atoms with Gasteiger partial charge in [0.25, 0.3) is 0 Å². The lowest BCUT2D eigenvalue weighted by atomic mass is 10.1. The first-order valence-electron chi connectivity index (χ1n) is 3.78. The van der Waals surface area contributed by atoms with E-state index in [1.165, 1.54) is 6.08 Å². The molecular weight excluding hydrogens is 154 g/mol. The van der Waals surface area contributed by atoms with E-state index in [1.54, 1.807) is 19.9 Å². The molecule has 0 aliphatic rings. The van der Waals surface area contributed by atoms with E-state index in [4.69, 9.17) is 10.00 Å². The maximum absolute atomic E-state index is 10.3. The second-order valence-corrected chi connectivity index (χ2v) is 2.87. The van der Waals surface area contributed by atoms with Crippen molar-refractivity contribution >= 4 is 6.29 Å². The molecule has 0 aliphatic heterocycles. The first-order valence-corrected chi connectivity index (χ1v) is 3.78. The van der Waals surface area contributed by atoms with Gasteiger partial charge in [-0.25, -0.2) is 0 Å². The second kappa shape index (κ2) is 4.68. The van der Waals surface area contributed by atoms with E-state index in [9.17, 15) is 4.79 Å². The van der Waals surface area contributed by atoms with Crippen LogP contribution in [0.2, 0.25) is 0 Å². The first kappa shape index (κ1) is 10.9. The van der Waals surface area contributed by atoms with Gasteiger partial charge in [0.15, 0.2) is 6.29 Å². The number of allylic oxidation sites excluding steroid dienone is 1. The zero-order valence-corrected chi connectivity index (χ0v) is 7.63. The molecule has 0 fully saturated rings. The molecule has 0 rings (SSSR count). The average molecular weight is 167 g/mol. The molecule has 0 atom stereocenters. The zero-order valence-electron chi connectivity index (χ0n) is 7.63. The van der Waals surface area contributed by atoms with Crippen molar-refractivity contribution in [2.45, 2.75) is 26.4 Å². The molecule has 0 aliphatic carbocycles. The predicted octanol–water partition coefficient (Wildman–Crippen LogP) is 1.45. The van der Waals surface area contributed by atoms with Crippen molar-refractivity contribution in [3.63, 3.8) is 0 Å². The molecule has 0 aromatic heterocycles. The molecule has 3 heteroatoms. The van der Waals surface area contributed by atoms with Gasteiger partial charge >= 0.3 is 0 Å². The van der Waals surface area contributed by atoms with Crippen molar-refractivity contribution in [3.05, 3.63) is 11.6 Å². The van der Waals surface area contributed by atoms with Gasteiger partial charge in [-0.15, -0.1) is 0 Å². The Morgan fingerprint density at radius 3 is 2.58 bits per heavy atom. The van der Waals surface area contributed by atoms with Gasteiger partial charge in [-0.3, -0.25) is 4.79 Å². The van der Waals surface area contributed by atoms with Gasteiger partial charge in [-0.05, 0) is 26.8 Å². The normalized spacial score (nSPS) is 12.3. The predicted molar refractivity (Wildman–Crippen MR) is 45.5 cm³/mol. The highest BCUT2D eigenvalue weighted by Crippen LogP contribution is 2.12. The summed E-state index contributed by atoms with van der Waals surface area (Å²) in [5.74, 6) is 0. The maximum Gasteiger partial charge on any atom is 0.160 e. The van der Waals surface area contributed by atoms with Crippen molar-refractivity contribution < 1.29 is 9.53 Å². The van der Waals surface area contributed by atoms with Crippen LogP contribution in [0.3, 0.4) is 0 Å². The molecular formula is C9H13NO2. The van der Waals surface area contributed by atoms with Gasteiger partial charge in [-0.1, -0.05) is 0 Å². The fourth-order valence-corrected chi connectivity index (χ4v) is 0.881. The Hall–Kier alpha value is -1.14. The molecule has 0 N–H and O–H groups in total. The lowest BCUT2D eigenvalue weighted by Gasteiger charge is -2.19. The number of carbonyl (C=O) groups is 1. The zero-order chi connectivity index (χ0) is 9.61. The van der Waals surface area contributed by atoms with Gasteiger partial charge in [0.1, 0.15) is 6.07 Å². The molecule has 12 heavy (non-hydrogen) atoms. The Morgan fingerprint density at radius 1 is 1.67 bits per heavy atom. The van der Waals surface area contributed by atoms with Crippen LogP contribution in [0, 0.1) is 11.3 Å². The number of nitrogens with zero attached hydrogens (tertiary/aromatic N) is 1. The minimum Gasteiger partial charge on any atom is -0.372 e. The standard InChI is InChI=1S/C9H13NO2/c1-4-12-9(2,3)5-8(6-10)7-11/h5,7H,4H2,1-3H3/b8-5+. The van der Waals surface area contributed by atoms with E-state index in [0.29, 0.717) is 12.9 Å². The number of aldehydes is 1. The molecule has 0 spiro atoms. The van der Waals surface area contributed by atoms with Crippen LogP contribution in [-0.4, -0.2) is 18.5 Å². The fourth-order valence-electron chi connectivity index (χ4n) is 0.881. The van der Waals surface area contributed by atoms with Crippen LogP contribution < -0.4 is 0 Å². The van der Waals surface area contributed by atoms with E-state index in [2.05, 4.69) is 0 Å². The third-order valence-electron chi connectivity index (χ3n) is 1.28. The van der Waals surface area contributed by atoms with Gasteiger partial charge in [-0.2, -0.15) is 5.26 Å². The topological polar surface area (TPSA) is 50.1 Å². The quantitative estimate of drug-likeness (QED) is 0.361. The van der Waals surface area contributed by atoms with Crippen molar-refractivity contribution in [1.29, 1.82) is 5.26 Å². The summed E-state index contributed by atoms with van der Waals surface area (Å²) in [6.07, 6.45) is 2.05. The summed E-state index contributed by atoms with van der Waals surface area (Å²) in [6.45, 7) is 6.03. The summed E-state index contributed by atoms with van der Waals surface area (Å²) in [6, 6.07) is 1.78. The number of hydrogen-bond acceptors (Lipinski definition) is 3. The Bertz CT molecular complexity index is 223. The molecule has 3 nitrogen and oxygen atoms in total. The minimum atomic E-state index is -0.541. The molecule has 0 bridgehead atoms. The van der Waals surface area contributed by atoms with Crippen LogP contribution in [0.1, 0.15) is 20.8 Å². The summed E-state index contributed by atoms with van der Waals surface area (Å²) in [5.41, 5.74) is -0.436. The molecule has 0 amide bonds. The molecule has 0 aromatic carbocycles. The van der Waals surface area contributed by atoms with Crippen LogP contribution >= 0.6 is 0 Å². The van der Waals surface area contributed by atoms with Crippen LogP contribution in [0.4, 0.5) is 0 Å². The molecule has 0 saturated heterocycles. The lowest BCUT2D eigenvalue weighted by Crippen LogP contribution is -2.21. The van der Waals surface area contributed by atoms with Crippen molar-refractivity contribution in [2.24, 2.45) is 0 Å². The summed E-state index contributed by atoms with van der Waals surface area (Å²) >= 11 is 0. The molecule has 0 radical (unpaired) electrons. The summed E-state index contributed by atoms with van der Waals surface area (Å²) in [4.78, 5) is 10.3. The first-order chi connectivity index (χ1) is 5.55. The number of nitriles is 1. The Morgan fingerprint density at radius 2 is 2.25 bits per heavy atom. The third-order valence-corrected chi connectivity index (χ3v) is 1.28. The number of ether oxygens (including phenoxy) is 1. The van der Waals surface area contributed by atoms with Crippen LogP contribution in [0.5, 0.6) is 0 Å². The summed E-state index contributed by atoms with van der Waals surface area (Å²) in [7, 11) is 0. The van der Waals surface area contributed by atoms with Crippen LogP contribution in [-0.2, 0) is 9.53 Å². The summed E-state index contributed by atoms with van der Waals surface area (Å²) in [5, 5.41) is 8.45. The minimum absolute atomic E-state index is 0.105. The van der Waals surface area contributed by atoms with E-state index in [1.807, 2.05) is 6.92 Å². The highest BCUT2D eigenvalue weighted by Gasteiger charge is 2.14. The second-order valence-electron chi connectivity index (χ2n) is 2.87. The smallest absolute Gasteiger partial charge is 0.160 e. The van der Waals surface area contributed by atoms with E-state index >= 15 is 0 Å². The van der Waals surface area contributed by atoms with E-state index in [-0.39, 0.29) is 5.57 Å². The highest BCUT2D eigenvalue weighted by molar-refractivity contribution is 5.79. The highest BCUT2D eigenvalue weighted by atomic mass is 16.5. The molecule has 0 heterocycles. The largest absolute Gasteiger partial charge is 0.372 e. The third kappa shape index (κ3) is 3.89. The SMILES string of the molecule is CCOC(C)(C)/C=C(\C#N)C=O. The van der Waals surface area contributed by atoms with Crippen molar-refractivity contribution in [2.75, 3.05) is 6.61 Å². The number of hydrogen-bond donors (Lipinski definition) is 0. The average Bonchev–Trinajstić information content (AvgIpc) is 2.00. The Labute approximate surface area is 72.6 Å². The fraction of sp³-hybridized carbons (Fsp3) is 0.556. The number of rotatable bonds is 4. The van der Waals surface area contributed by atoms with Crippen molar-refractivity contribution in [3.8, 4) is 6.07 Å². The van der Waals surface area contributed by atoms with Crippen LogP contribution in [0.25, 0.3) is 0 Å². The van der Waals surface area contributed by atoms with Gasteiger partial charge in [0.05, 0.1) is 11.2 Å².